The Morgan fingerprint density at radius 2 is 2.20 bits per heavy atom. The zero-order chi connectivity index (χ0) is 14.0. The third-order valence-corrected chi connectivity index (χ3v) is 3.68. The van der Waals surface area contributed by atoms with Gasteiger partial charge in [0.15, 0.2) is 11.9 Å². The van der Waals surface area contributed by atoms with Crippen molar-refractivity contribution in [2.45, 2.75) is 44.2 Å². The minimum atomic E-state index is -0.435. The van der Waals surface area contributed by atoms with Crippen LogP contribution in [-0.4, -0.2) is 15.1 Å². The van der Waals surface area contributed by atoms with Gasteiger partial charge in [-0.1, -0.05) is 18.0 Å². The van der Waals surface area contributed by atoms with E-state index in [-0.39, 0.29) is 6.10 Å². The molecule has 3 rings (SSSR count). The van der Waals surface area contributed by atoms with E-state index >= 15 is 0 Å². The lowest BCUT2D eigenvalue weighted by molar-refractivity contribution is 0.175. The van der Waals surface area contributed by atoms with Crippen molar-refractivity contribution in [3.8, 4) is 5.75 Å². The van der Waals surface area contributed by atoms with Crippen LogP contribution in [0.2, 0.25) is 0 Å². The van der Waals surface area contributed by atoms with Crippen molar-refractivity contribution in [3.63, 3.8) is 0 Å². The van der Waals surface area contributed by atoms with Gasteiger partial charge in [-0.15, -0.1) is 0 Å². The van der Waals surface area contributed by atoms with Crippen LogP contribution in [0.3, 0.4) is 0 Å². The van der Waals surface area contributed by atoms with Gasteiger partial charge in [-0.3, -0.25) is 4.98 Å². The molecular weight excluding hydrogens is 256 g/mol. The molecule has 20 heavy (non-hydrogen) atoms. The van der Waals surface area contributed by atoms with E-state index in [4.69, 9.17) is 15.0 Å². The van der Waals surface area contributed by atoms with E-state index in [1.807, 2.05) is 19.1 Å². The van der Waals surface area contributed by atoms with E-state index in [2.05, 4.69) is 15.1 Å². The molecule has 6 heteroatoms. The number of nitrogens with zero attached hydrogens (tertiary/aromatic N) is 3. The second kappa shape index (κ2) is 5.20. The summed E-state index contributed by atoms with van der Waals surface area (Å²) >= 11 is 0. The highest BCUT2D eigenvalue weighted by Gasteiger charge is 2.36. The van der Waals surface area contributed by atoms with Crippen LogP contribution in [0, 0.1) is 0 Å². The maximum Gasteiger partial charge on any atom is 0.267 e. The SMILES string of the molecule is CC(Oc1cccnc1)c1nc(C2(N)CCCC2)no1. The molecule has 1 atom stereocenters. The average molecular weight is 274 g/mol. The maximum atomic E-state index is 6.31. The van der Waals surface area contributed by atoms with Gasteiger partial charge >= 0.3 is 0 Å². The molecule has 2 N–H and O–H groups in total. The summed E-state index contributed by atoms with van der Waals surface area (Å²) in [7, 11) is 0. The minimum absolute atomic E-state index is 0.328. The van der Waals surface area contributed by atoms with Crippen molar-refractivity contribution < 1.29 is 9.26 Å². The normalized spacial score (nSPS) is 18.9. The Bertz CT molecular complexity index is 564. The number of pyridine rings is 1. The maximum absolute atomic E-state index is 6.31. The van der Waals surface area contributed by atoms with Gasteiger partial charge in [-0.25, -0.2) is 0 Å². The monoisotopic (exact) mass is 274 g/mol. The molecule has 106 valence electrons. The first-order valence-electron chi connectivity index (χ1n) is 6.87. The molecule has 0 bridgehead atoms. The van der Waals surface area contributed by atoms with Gasteiger partial charge in [-0.05, 0) is 31.9 Å². The van der Waals surface area contributed by atoms with E-state index in [1.165, 1.54) is 0 Å². The molecule has 0 radical (unpaired) electrons. The summed E-state index contributed by atoms with van der Waals surface area (Å²) < 4.78 is 11.0. The molecule has 1 saturated carbocycles. The topological polar surface area (TPSA) is 87.1 Å². The lowest BCUT2D eigenvalue weighted by atomic mass is 9.99. The molecule has 0 aromatic carbocycles. The first-order valence-corrected chi connectivity index (χ1v) is 6.87. The van der Waals surface area contributed by atoms with Crippen LogP contribution in [-0.2, 0) is 5.54 Å². The Labute approximate surface area is 117 Å². The van der Waals surface area contributed by atoms with Gasteiger partial charge in [0, 0.05) is 6.20 Å². The van der Waals surface area contributed by atoms with Crippen molar-refractivity contribution in [1.29, 1.82) is 0 Å². The molecule has 1 aliphatic rings. The Morgan fingerprint density at radius 3 is 2.90 bits per heavy atom. The van der Waals surface area contributed by atoms with E-state index in [0.717, 1.165) is 25.7 Å². The Kier molecular flexibility index (Phi) is 3.40. The van der Waals surface area contributed by atoms with Gasteiger partial charge in [0.25, 0.3) is 5.89 Å². The summed E-state index contributed by atoms with van der Waals surface area (Å²) in [6, 6.07) is 3.65. The van der Waals surface area contributed by atoms with Crippen molar-refractivity contribution in [2.75, 3.05) is 0 Å². The number of aromatic nitrogens is 3. The summed E-state index contributed by atoms with van der Waals surface area (Å²) in [5.41, 5.74) is 5.88. The summed E-state index contributed by atoms with van der Waals surface area (Å²) in [5, 5.41) is 4.03. The van der Waals surface area contributed by atoms with Crippen LogP contribution in [0.15, 0.2) is 29.0 Å². The van der Waals surface area contributed by atoms with Gasteiger partial charge in [-0.2, -0.15) is 4.98 Å². The highest BCUT2D eigenvalue weighted by molar-refractivity contribution is 5.16. The van der Waals surface area contributed by atoms with Crippen molar-refractivity contribution in [3.05, 3.63) is 36.2 Å². The molecule has 1 aliphatic carbocycles. The third kappa shape index (κ3) is 2.51. The zero-order valence-electron chi connectivity index (χ0n) is 11.5. The first-order chi connectivity index (χ1) is 9.67. The van der Waals surface area contributed by atoms with Crippen molar-refractivity contribution in [2.24, 2.45) is 5.73 Å². The molecule has 0 aliphatic heterocycles. The molecule has 2 aromatic heterocycles. The van der Waals surface area contributed by atoms with E-state index in [9.17, 15) is 0 Å². The van der Waals surface area contributed by atoms with Gasteiger partial charge in [0.2, 0.25) is 0 Å². The van der Waals surface area contributed by atoms with E-state index in [1.54, 1.807) is 12.4 Å². The molecule has 0 amide bonds. The first kappa shape index (κ1) is 13.1. The van der Waals surface area contributed by atoms with Crippen LogP contribution >= 0.6 is 0 Å². The standard InChI is InChI=1S/C14H18N4O2/c1-10(19-11-5-4-8-16-9-11)12-17-13(18-20-12)14(15)6-2-3-7-14/h4-5,8-10H,2-3,6-7,15H2,1H3. The number of nitrogens with two attached hydrogens (primary N) is 1. The van der Waals surface area contributed by atoms with Crippen LogP contribution < -0.4 is 10.5 Å². The fraction of sp³-hybridized carbons (Fsp3) is 0.500. The van der Waals surface area contributed by atoms with Crippen LogP contribution in [0.1, 0.15) is 50.4 Å². The largest absolute Gasteiger partial charge is 0.479 e. The van der Waals surface area contributed by atoms with Crippen molar-refractivity contribution in [1.82, 2.24) is 15.1 Å². The Balaban J connectivity index is 1.73. The molecule has 1 fully saturated rings. The smallest absolute Gasteiger partial charge is 0.267 e. The molecule has 6 nitrogen and oxygen atoms in total. The van der Waals surface area contributed by atoms with Gasteiger partial charge in [0.05, 0.1) is 11.7 Å². The molecule has 0 saturated heterocycles. The minimum Gasteiger partial charge on any atom is -0.479 e. The predicted octanol–water partition coefficient (Wildman–Crippen LogP) is 2.33. The molecule has 1 unspecified atom stereocenters. The number of rotatable bonds is 4. The van der Waals surface area contributed by atoms with Gasteiger partial charge < -0.3 is 15.0 Å². The van der Waals surface area contributed by atoms with Crippen LogP contribution in [0.4, 0.5) is 0 Å². The molecule has 2 heterocycles. The van der Waals surface area contributed by atoms with Crippen LogP contribution in [0.5, 0.6) is 5.75 Å². The Hall–Kier alpha value is -1.95. The number of hydrogen-bond donors (Lipinski definition) is 1. The van der Waals surface area contributed by atoms with Crippen LogP contribution in [0.25, 0.3) is 0 Å². The summed E-state index contributed by atoms with van der Waals surface area (Å²) in [4.78, 5) is 8.41. The summed E-state index contributed by atoms with van der Waals surface area (Å²) in [6.07, 6.45) is 7.05. The molecule has 2 aromatic rings. The predicted molar refractivity (Wildman–Crippen MR) is 71.9 cm³/mol. The van der Waals surface area contributed by atoms with E-state index in [0.29, 0.717) is 17.5 Å². The Morgan fingerprint density at radius 1 is 1.40 bits per heavy atom. The summed E-state index contributed by atoms with van der Waals surface area (Å²) in [5.74, 6) is 1.70. The van der Waals surface area contributed by atoms with E-state index < -0.39 is 5.54 Å². The number of hydrogen-bond acceptors (Lipinski definition) is 6. The molecule has 0 spiro atoms. The third-order valence-electron chi connectivity index (χ3n) is 3.68. The highest BCUT2D eigenvalue weighted by Crippen LogP contribution is 2.35. The van der Waals surface area contributed by atoms with Gasteiger partial charge in [0.1, 0.15) is 5.75 Å². The second-order valence-electron chi connectivity index (χ2n) is 5.27. The fourth-order valence-corrected chi connectivity index (χ4v) is 2.50. The average Bonchev–Trinajstić information content (AvgIpc) is 3.09. The van der Waals surface area contributed by atoms with Crippen molar-refractivity contribution >= 4 is 0 Å². The molecular formula is C14H18N4O2. The highest BCUT2D eigenvalue weighted by atomic mass is 16.5. The quantitative estimate of drug-likeness (QED) is 0.920. The summed E-state index contributed by atoms with van der Waals surface area (Å²) in [6.45, 7) is 1.86. The zero-order valence-corrected chi connectivity index (χ0v) is 11.5. The lowest BCUT2D eigenvalue weighted by Gasteiger charge is -2.17. The number of ether oxygens (including phenoxy) is 1. The fourth-order valence-electron chi connectivity index (χ4n) is 2.50. The lowest BCUT2D eigenvalue weighted by Crippen LogP contribution is -2.34. The second-order valence-corrected chi connectivity index (χ2v) is 5.27.